The molecule has 84 valence electrons. The molecule has 0 heterocycles. The van der Waals surface area contributed by atoms with E-state index in [9.17, 15) is 5.11 Å². The van der Waals surface area contributed by atoms with Crippen LogP contribution in [-0.4, -0.2) is 17.3 Å². The first-order chi connectivity index (χ1) is 7.72. The van der Waals surface area contributed by atoms with E-state index in [4.69, 9.17) is 5.26 Å². The largest absolute Gasteiger partial charge is 0.388 e. The molecule has 0 amide bonds. The summed E-state index contributed by atoms with van der Waals surface area (Å²) in [4.78, 5) is 0. The molecular weight excluding hydrogens is 200 g/mol. The lowest BCUT2D eigenvalue weighted by molar-refractivity contribution is 0.0615. The van der Waals surface area contributed by atoms with E-state index >= 15 is 0 Å². The number of nitrogens with zero attached hydrogens (tertiary/aromatic N) is 1. The van der Waals surface area contributed by atoms with Gasteiger partial charge in [0.1, 0.15) is 0 Å². The van der Waals surface area contributed by atoms with Crippen molar-refractivity contribution in [1.29, 1.82) is 5.26 Å². The number of benzene rings is 1. The van der Waals surface area contributed by atoms with Crippen LogP contribution in [0.5, 0.6) is 0 Å². The van der Waals surface area contributed by atoms with Crippen LogP contribution in [-0.2, 0) is 0 Å². The molecule has 3 heteroatoms. The van der Waals surface area contributed by atoms with Crippen molar-refractivity contribution in [2.75, 3.05) is 11.9 Å². The lowest BCUT2D eigenvalue weighted by Crippen LogP contribution is -2.33. The van der Waals surface area contributed by atoms with Crippen molar-refractivity contribution < 1.29 is 5.11 Å². The van der Waals surface area contributed by atoms with E-state index in [2.05, 4.69) is 11.4 Å². The minimum atomic E-state index is -0.553. The van der Waals surface area contributed by atoms with Crippen molar-refractivity contribution >= 4 is 5.69 Å². The second-order valence-corrected chi connectivity index (χ2v) is 4.48. The van der Waals surface area contributed by atoms with Gasteiger partial charge in [-0.15, -0.1) is 0 Å². The number of rotatable bonds is 3. The molecule has 0 aromatic heterocycles. The van der Waals surface area contributed by atoms with Crippen molar-refractivity contribution in [2.24, 2.45) is 0 Å². The lowest BCUT2D eigenvalue weighted by atomic mass is 10.0. The molecule has 3 nitrogen and oxygen atoms in total. The van der Waals surface area contributed by atoms with Crippen LogP contribution >= 0.6 is 0 Å². The molecule has 0 spiro atoms. The summed E-state index contributed by atoms with van der Waals surface area (Å²) in [6, 6.07) is 9.44. The molecule has 0 radical (unpaired) electrons. The number of hydrogen-bond acceptors (Lipinski definition) is 3. The van der Waals surface area contributed by atoms with Crippen molar-refractivity contribution in [3.8, 4) is 6.07 Å². The summed E-state index contributed by atoms with van der Waals surface area (Å²) in [6.45, 7) is 0.571. The van der Waals surface area contributed by atoms with Gasteiger partial charge in [-0.3, -0.25) is 0 Å². The molecule has 0 bridgehead atoms. The molecule has 1 aromatic rings. The Kier molecular flexibility index (Phi) is 3.12. The quantitative estimate of drug-likeness (QED) is 0.815. The van der Waals surface area contributed by atoms with E-state index in [-0.39, 0.29) is 0 Å². The molecule has 0 atom stereocenters. The van der Waals surface area contributed by atoms with Gasteiger partial charge in [0, 0.05) is 12.2 Å². The second kappa shape index (κ2) is 4.54. The number of aliphatic hydroxyl groups is 1. The molecule has 2 N–H and O–H groups in total. The molecule has 1 aliphatic rings. The molecule has 16 heavy (non-hydrogen) atoms. The van der Waals surface area contributed by atoms with Crippen molar-refractivity contribution in [2.45, 2.75) is 31.3 Å². The third-order valence-corrected chi connectivity index (χ3v) is 3.15. The highest BCUT2D eigenvalue weighted by molar-refractivity contribution is 5.49. The Morgan fingerprint density at radius 1 is 1.38 bits per heavy atom. The summed E-state index contributed by atoms with van der Waals surface area (Å²) < 4.78 is 0. The van der Waals surface area contributed by atoms with Gasteiger partial charge in [-0.05, 0) is 31.0 Å². The topological polar surface area (TPSA) is 56.0 Å². The van der Waals surface area contributed by atoms with Crippen molar-refractivity contribution in [3.63, 3.8) is 0 Å². The van der Waals surface area contributed by atoms with Crippen LogP contribution < -0.4 is 5.32 Å². The highest BCUT2D eigenvalue weighted by Gasteiger charge is 2.30. The van der Waals surface area contributed by atoms with E-state index in [0.717, 1.165) is 31.4 Å². The summed E-state index contributed by atoms with van der Waals surface area (Å²) in [5.41, 5.74) is 0.991. The van der Waals surface area contributed by atoms with Gasteiger partial charge in [-0.1, -0.05) is 18.9 Å². The molecule has 0 saturated heterocycles. The van der Waals surface area contributed by atoms with E-state index in [0.29, 0.717) is 12.1 Å². The van der Waals surface area contributed by atoms with Gasteiger partial charge in [0.05, 0.1) is 17.2 Å². The molecule has 1 aromatic carbocycles. The van der Waals surface area contributed by atoms with Gasteiger partial charge in [-0.25, -0.2) is 0 Å². The summed E-state index contributed by atoms with van der Waals surface area (Å²) in [6.07, 6.45) is 3.96. The van der Waals surface area contributed by atoms with E-state index in [1.165, 1.54) is 0 Å². The Labute approximate surface area is 95.7 Å². The maximum absolute atomic E-state index is 10.2. The Hall–Kier alpha value is -1.53. The summed E-state index contributed by atoms with van der Waals surface area (Å²) >= 11 is 0. The van der Waals surface area contributed by atoms with Crippen LogP contribution in [0.1, 0.15) is 31.2 Å². The van der Waals surface area contributed by atoms with Crippen molar-refractivity contribution in [3.05, 3.63) is 29.8 Å². The fourth-order valence-electron chi connectivity index (χ4n) is 2.18. The van der Waals surface area contributed by atoms with Gasteiger partial charge in [0.25, 0.3) is 0 Å². The normalized spacial score (nSPS) is 18.0. The minimum absolute atomic E-state index is 0.553. The maximum atomic E-state index is 10.2. The van der Waals surface area contributed by atoms with Crippen LogP contribution in [0.3, 0.4) is 0 Å². The van der Waals surface area contributed by atoms with Gasteiger partial charge in [-0.2, -0.15) is 5.26 Å². The van der Waals surface area contributed by atoms with Gasteiger partial charge in [0.15, 0.2) is 0 Å². The highest BCUT2D eigenvalue weighted by atomic mass is 16.3. The zero-order valence-electron chi connectivity index (χ0n) is 9.24. The van der Waals surface area contributed by atoms with E-state index < -0.39 is 5.60 Å². The summed E-state index contributed by atoms with van der Waals surface area (Å²) in [5, 5.41) is 22.1. The van der Waals surface area contributed by atoms with Gasteiger partial charge >= 0.3 is 0 Å². The number of nitriles is 1. The number of hydrogen-bond donors (Lipinski definition) is 2. The SMILES string of the molecule is N#Cc1cccc(NCC2(O)CCCC2)c1. The van der Waals surface area contributed by atoms with E-state index in [1.807, 2.05) is 12.1 Å². The van der Waals surface area contributed by atoms with Crippen LogP contribution in [0.4, 0.5) is 5.69 Å². The van der Waals surface area contributed by atoms with Crippen LogP contribution in [0.25, 0.3) is 0 Å². The summed E-state index contributed by atoms with van der Waals surface area (Å²) in [7, 11) is 0. The standard InChI is InChI=1S/C13H16N2O/c14-9-11-4-3-5-12(8-11)15-10-13(16)6-1-2-7-13/h3-5,8,15-16H,1-2,6-7,10H2. The molecule has 1 aliphatic carbocycles. The highest BCUT2D eigenvalue weighted by Crippen LogP contribution is 2.29. The Morgan fingerprint density at radius 3 is 2.81 bits per heavy atom. The van der Waals surface area contributed by atoms with E-state index in [1.54, 1.807) is 12.1 Å². The number of nitrogens with one attached hydrogen (secondary N) is 1. The van der Waals surface area contributed by atoms with Crippen LogP contribution in [0.15, 0.2) is 24.3 Å². The van der Waals surface area contributed by atoms with Crippen molar-refractivity contribution in [1.82, 2.24) is 0 Å². The predicted octanol–water partition coefficient (Wildman–Crippen LogP) is 2.28. The Morgan fingerprint density at radius 2 is 2.12 bits per heavy atom. The predicted molar refractivity (Wildman–Crippen MR) is 63.1 cm³/mol. The number of anilines is 1. The Balaban J connectivity index is 1.96. The average molecular weight is 216 g/mol. The molecular formula is C13H16N2O. The first-order valence-corrected chi connectivity index (χ1v) is 5.68. The average Bonchev–Trinajstić information content (AvgIpc) is 2.75. The molecule has 0 aliphatic heterocycles. The monoisotopic (exact) mass is 216 g/mol. The fraction of sp³-hybridized carbons (Fsp3) is 0.462. The lowest BCUT2D eigenvalue weighted by Gasteiger charge is -2.23. The zero-order chi connectivity index (χ0) is 11.4. The zero-order valence-corrected chi connectivity index (χ0v) is 9.24. The first-order valence-electron chi connectivity index (χ1n) is 5.68. The molecule has 1 fully saturated rings. The smallest absolute Gasteiger partial charge is 0.0992 e. The third-order valence-electron chi connectivity index (χ3n) is 3.15. The third kappa shape index (κ3) is 2.53. The van der Waals surface area contributed by atoms with Crippen LogP contribution in [0, 0.1) is 11.3 Å². The first kappa shape index (κ1) is 11.0. The Bertz CT molecular complexity index is 403. The van der Waals surface area contributed by atoms with Gasteiger partial charge < -0.3 is 10.4 Å². The maximum Gasteiger partial charge on any atom is 0.0992 e. The fourth-order valence-corrected chi connectivity index (χ4v) is 2.18. The summed E-state index contributed by atoms with van der Waals surface area (Å²) in [5.74, 6) is 0. The molecule has 0 unspecified atom stereocenters. The van der Waals surface area contributed by atoms with Gasteiger partial charge in [0.2, 0.25) is 0 Å². The van der Waals surface area contributed by atoms with Crippen LogP contribution in [0.2, 0.25) is 0 Å². The second-order valence-electron chi connectivity index (χ2n) is 4.48. The minimum Gasteiger partial charge on any atom is -0.388 e. The molecule has 1 saturated carbocycles. The molecule has 2 rings (SSSR count).